The SMILES string of the molecule is CC1(C(=O)O)CCN(c2ccc([N+](=O)[O-])c(OC(F)F)c2)C1. The molecule has 120 valence electrons. The third-order valence-electron chi connectivity index (χ3n) is 3.71. The van der Waals surface area contributed by atoms with Crippen LogP contribution >= 0.6 is 0 Å². The fraction of sp³-hybridized carbons (Fsp3) is 0.462. The van der Waals surface area contributed by atoms with Crippen LogP contribution < -0.4 is 9.64 Å². The number of carboxylic acids is 1. The fourth-order valence-corrected chi connectivity index (χ4v) is 2.40. The Bertz CT molecular complexity index is 610. The molecule has 22 heavy (non-hydrogen) atoms. The Morgan fingerprint density at radius 1 is 1.55 bits per heavy atom. The van der Waals surface area contributed by atoms with Crippen LogP contribution in [0.3, 0.4) is 0 Å². The molecule has 1 aliphatic heterocycles. The van der Waals surface area contributed by atoms with E-state index < -0.39 is 34.4 Å². The number of aliphatic carboxylic acids is 1. The standard InChI is InChI=1S/C13H14F2N2O5/c1-13(11(18)19)4-5-16(7-13)8-2-3-9(17(20)21)10(6-8)22-12(14)15/h2-3,6,12H,4-5,7H2,1H3,(H,18,19). The zero-order chi connectivity index (χ0) is 16.5. The van der Waals surface area contributed by atoms with Crippen molar-refractivity contribution in [1.82, 2.24) is 0 Å². The van der Waals surface area contributed by atoms with Crippen LogP contribution in [-0.2, 0) is 4.79 Å². The molecule has 9 heteroatoms. The largest absolute Gasteiger partial charge is 0.481 e. The summed E-state index contributed by atoms with van der Waals surface area (Å²) in [5.41, 5.74) is -1.10. The lowest BCUT2D eigenvalue weighted by atomic mass is 9.90. The number of nitro benzene ring substituents is 1. The van der Waals surface area contributed by atoms with Gasteiger partial charge in [-0.05, 0) is 19.4 Å². The van der Waals surface area contributed by atoms with E-state index >= 15 is 0 Å². The highest BCUT2D eigenvalue weighted by molar-refractivity contribution is 5.76. The van der Waals surface area contributed by atoms with E-state index in [1.54, 1.807) is 11.8 Å². The number of rotatable bonds is 5. The van der Waals surface area contributed by atoms with E-state index in [-0.39, 0.29) is 6.54 Å². The number of halogens is 2. The number of benzene rings is 1. The second kappa shape index (κ2) is 5.74. The number of hydrogen-bond acceptors (Lipinski definition) is 5. The first kappa shape index (κ1) is 15.9. The minimum Gasteiger partial charge on any atom is -0.481 e. The molecule has 0 spiro atoms. The summed E-state index contributed by atoms with van der Waals surface area (Å²) in [6.07, 6.45) is 0.393. The Hall–Kier alpha value is -2.45. The molecule has 1 aliphatic rings. The minimum absolute atomic E-state index is 0.189. The van der Waals surface area contributed by atoms with Gasteiger partial charge in [-0.1, -0.05) is 0 Å². The molecule has 0 amide bonds. The molecule has 1 atom stereocenters. The first-order chi connectivity index (χ1) is 10.2. The lowest BCUT2D eigenvalue weighted by Gasteiger charge is -2.22. The molecule has 0 radical (unpaired) electrons. The summed E-state index contributed by atoms with van der Waals surface area (Å²) in [6.45, 7) is -0.989. The van der Waals surface area contributed by atoms with Crippen LogP contribution in [0.25, 0.3) is 0 Å². The number of nitro groups is 1. The molecular formula is C13H14F2N2O5. The van der Waals surface area contributed by atoms with Crippen molar-refractivity contribution < 1.29 is 28.3 Å². The quantitative estimate of drug-likeness (QED) is 0.662. The molecule has 1 heterocycles. The molecule has 7 nitrogen and oxygen atoms in total. The molecule has 0 saturated carbocycles. The molecule has 1 fully saturated rings. The van der Waals surface area contributed by atoms with Crippen molar-refractivity contribution in [1.29, 1.82) is 0 Å². The van der Waals surface area contributed by atoms with Crippen LogP contribution in [0.2, 0.25) is 0 Å². The summed E-state index contributed by atoms with van der Waals surface area (Å²) < 4.78 is 28.9. The van der Waals surface area contributed by atoms with E-state index in [0.29, 0.717) is 18.7 Å². The smallest absolute Gasteiger partial charge is 0.387 e. The number of nitrogens with zero attached hydrogens (tertiary/aromatic N) is 2. The highest BCUT2D eigenvalue weighted by Gasteiger charge is 2.40. The zero-order valence-electron chi connectivity index (χ0n) is 11.7. The maximum absolute atomic E-state index is 12.4. The predicted molar refractivity (Wildman–Crippen MR) is 72.3 cm³/mol. The summed E-state index contributed by atoms with van der Waals surface area (Å²) in [4.78, 5) is 22.9. The van der Waals surface area contributed by atoms with Crippen LogP contribution in [0.5, 0.6) is 5.75 Å². The number of hydrogen-bond donors (Lipinski definition) is 1. The van der Waals surface area contributed by atoms with Crippen molar-refractivity contribution in [2.24, 2.45) is 5.41 Å². The number of alkyl halides is 2. The Labute approximate surface area is 124 Å². The molecule has 0 aromatic heterocycles. The van der Waals surface area contributed by atoms with Gasteiger partial charge in [-0.15, -0.1) is 0 Å². The number of anilines is 1. The van der Waals surface area contributed by atoms with Crippen LogP contribution in [0.1, 0.15) is 13.3 Å². The molecule has 0 aliphatic carbocycles. The molecule has 1 aromatic rings. The lowest BCUT2D eigenvalue weighted by Crippen LogP contribution is -2.31. The fourth-order valence-electron chi connectivity index (χ4n) is 2.40. The van der Waals surface area contributed by atoms with E-state index in [1.165, 1.54) is 6.07 Å². The Kier molecular flexibility index (Phi) is 4.16. The Morgan fingerprint density at radius 2 is 2.23 bits per heavy atom. The molecule has 1 aromatic carbocycles. The Morgan fingerprint density at radius 3 is 2.73 bits per heavy atom. The predicted octanol–water partition coefficient (Wildman–Crippen LogP) is 2.50. The Balaban J connectivity index is 2.30. The third-order valence-corrected chi connectivity index (χ3v) is 3.71. The van der Waals surface area contributed by atoms with Crippen molar-refractivity contribution in [3.8, 4) is 5.75 Å². The first-order valence-corrected chi connectivity index (χ1v) is 6.44. The van der Waals surface area contributed by atoms with E-state index in [0.717, 1.165) is 12.1 Å². The second-order valence-electron chi connectivity index (χ2n) is 5.33. The van der Waals surface area contributed by atoms with Gasteiger partial charge < -0.3 is 14.7 Å². The summed E-state index contributed by atoms with van der Waals surface area (Å²) in [5.74, 6) is -1.48. The minimum atomic E-state index is -3.18. The van der Waals surface area contributed by atoms with Crippen molar-refractivity contribution in [3.05, 3.63) is 28.3 Å². The van der Waals surface area contributed by atoms with Crippen molar-refractivity contribution in [2.75, 3.05) is 18.0 Å². The summed E-state index contributed by atoms with van der Waals surface area (Å²) in [5, 5.41) is 20.0. The third kappa shape index (κ3) is 3.07. The number of ether oxygens (including phenoxy) is 1. The van der Waals surface area contributed by atoms with Gasteiger partial charge in [-0.3, -0.25) is 14.9 Å². The summed E-state index contributed by atoms with van der Waals surface area (Å²) >= 11 is 0. The maximum Gasteiger partial charge on any atom is 0.387 e. The van der Waals surface area contributed by atoms with Gasteiger partial charge in [0.05, 0.1) is 10.3 Å². The van der Waals surface area contributed by atoms with Crippen LogP contribution in [-0.4, -0.2) is 35.7 Å². The molecule has 2 rings (SSSR count). The van der Waals surface area contributed by atoms with Crippen LogP contribution in [0, 0.1) is 15.5 Å². The van der Waals surface area contributed by atoms with Crippen LogP contribution in [0.15, 0.2) is 18.2 Å². The normalized spacial score (nSPS) is 21.2. The van der Waals surface area contributed by atoms with Gasteiger partial charge in [0.1, 0.15) is 0 Å². The van der Waals surface area contributed by atoms with E-state index in [4.69, 9.17) is 0 Å². The van der Waals surface area contributed by atoms with Gasteiger partial charge >= 0.3 is 18.3 Å². The van der Waals surface area contributed by atoms with Gasteiger partial charge in [0.2, 0.25) is 5.75 Å². The molecule has 1 N–H and O–H groups in total. The van der Waals surface area contributed by atoms with Gasteiger partial charge in [0, 0.05) is 30.9 Å². The van der Waals surface area contributed by atoms with Crippen molar-refractivity contribution >= 4 is 17.3 Å². The number of carboxylic acid groups (broad SMARTS) is 1. The lowest BCUT2D eigenvalue weighted by molar-refractivity contribution is -0.386. The summed E-state index contributed by atoms with van der Waals surface area (Å²) in [7, 11) is 0. The average Bonchev–Trinajstić information content (AvgIpc) is 2.82. The van der Waals surface area contributed by atoms with Gasteiger partial charge in [-0.2, -0.15) is 8.78 Å². The zero-order valence-corrected chi connectivity index (χ0v) is 11.7. The highest BCUT2D eigenvalue weighted by atomic mass is 19.3. The molecule has 0 bridgehead atoms. The molecule has 1 unspecified atom stereocenters. The summed E-state index contributed by atoms with van der Waals surface area (Å²) in [6, 6.07) is 3.60. The maximum atomic E-state index is 12.4. The molecule has 1 saturated heterocycles. The monoisotopic (exact) mass is 316 g/mol. The van der Waals surface area contributed by atoms with E-state index in [9.17, 15) is 28.8 Å². The van der Waals surface area contributed by atoms with Gasteiger partial charge in [0.25, 0.3) is 0 Å². The highest BCUT2D eigenvalue weighted by Crippen LogP contribution is 2.37. The molecular weight excluding hydrogens is 302 g/mol. The van der Waals surface area contributed by atoms with Crippen LogP contribution in [0.4, 0.5) is 20.2 Å². The first-order valence-electron chi connectivity index (χ1n) is 6.44. The van der Waals surface area contributed by atoms with Crippen molar-refractivity contribution in [2.45, 2.75) is 20.0 Å². The topological polar surface area (TPSA) is 92.9 Å². The van der Waals surface area contributed by atoms with E-state index in [1.807, 2.05) is 0 Å². The number of carbonyl (C=O) groups is 1. The average molecular weight is 316 g/mol. The van der Waals surface area contributed by atoms with E-state index in [2.05, 4.69) is 4.74 Å². The van der Waals surface area contributed by atoms with Crippen molar-refractivity contribution in [3.63, 3.8) is 0 Å². The second-order valence-corrected chi connectivity index (χ2v) is 5.33. The van der Waals surface area contributed by atoms with Gasteiger partial charge in [0.15, 0.2) is 0 Å². The van der Waals surface area contributed by atoms with Gasteiger partial charge in [-0.25, -0.2) is 0 Å².